The molecular weight excluding hydrogens is 263 g/mol. The molecule has 1 aromatic carbocycles. The first-order chi connectivity index (χ1) is 6.98. The van der Waals surface area contributed by atoms with Crippen molar-refractivity contribution < 1.29 is 44.0 Å². The van der Waals surface area contributed by atoms with Gasteiger partial charge in [0.2, 0.25) is 5.03 Å². The Bertz CT molecular complexity index is 638. The molecule has 0 aliphatic rings. The van der Waals surface area contributed by atoms with Gasteiger partial charge in [0.25, 0.3) is 0 Å². The van der Waals surface area contributed by atoms with Gasteiger partial charge in [-0.3, -0.25) is 4.55 Å². The van der Waals surface area contributed by atoms with Gasteiger partial charge in [-0.25, -0.2) is 9.97 Å². The average molecular weight is 269 g/mol. The summed E-state index contributed by atoms with van der Waals surface area (Å²) in [6.45, 7) is 0. The molecule has 80 valence electrons. The minimum Gasteiger partial charge on any atom is -1.00 e. The Balaban J connectivity index is 0.00000128. The maximum atomic E-state index is 10.9. The van der Waals surface area contributed by atoms with Crippen molar-refractivity contribution in [2.75, 3.05) is 0 Å². The predicted octanol–water partition coefficient (Wildman–Crippen LogP) is -1.35. The van der Waals surface area contributed by atoms with Gasteiger partial charge in [-0.15, -0.1) is 0 Å². The summed E-state index contributed by atoms with van der Waals surface area (Å²) in [7, 11) is -4.43. The molecule has 0 radical (unpaired) electrons. The third-order valence-electron chi connectivity index (χ3n) is 1.74. The van der Waals surface area contributed by atoms with Crippen LogP contribution in [0.15, 0.2) is 29.3 Å². The molecule has 5 nitrogen and oxygen atoms in total. The monoisotopic (exact) mass is 268 g/mol. The minimum absolute atomic E-state index is 0. The second kappa shape index (κ2) is 4.95. The standard InChI is InChI=1S/C8H5ClN2O3S.Na.H/c9-7-8(15(12,13)14)11-6-4-2-1-3-5(6)10-7;;/h1-4H,(H,12,13,14);;/q;+1;-1. The normalized spacial score (nSPS) is 11.1. The van der Waals surface area contributed by atoms with E-state index >= 15 is 0 Å². The van der Waals surface area contributed by atoms with Gasteiger partial charge in [-0.1, -0.05) is 23.7 Å². The third-order valence-corrected chi connectivity index (χ3v) is 2.89. The molecule has 2 aromatic rings. The van der Waals surface area contributed by atoms with Crippen LogP contribution in [0.3, 0.4) is 0 Å². The Morgan fingerprint density at radius 2 is 1.69 bits per heavy atom. The summed E-state index contributed by atoms with van der Waals surface area (Å²) in [6, 6.07) is 6.62. The van der Waals surface area contributed by atoms with Gasteiger partial charge >= 0.3 is 39.7 Å². The molecule has 0 bridgehead atoms. The van der Waals surface area contributed by atoms with Gasteiger partial charge in [-0.05, 0) is 12.1 Å². The number of hydrogen-bond acceptors (Lipinski definition) is 4. The Hall–Kier alpha value is -0.240. The molecule has 0 amide bonds. The molecule has 8 heteroatoms. The van der Waals surface area contributed by atoms with Crippen molar-refractivity contribution in [2.45, 2.75) is 5.03 Å². The van der Waals surface area contributed by atoms with E-state index in [0.29, 0.717) is 11.0 Å². The first kappa shape index (κ1) is 13.8. The van der Waals surface area contributed by atoms with E-state index in [-0.39, 0.29) is 36.1 Å². The third kappa shape index (κ3) is 2.71. The predicted molar refractivity (Wildman–Crippen MR) is 55.5 cm³/mol. The van der Waals surface area contributed by atoms with Crippen LogP contribution in [0, 0.1) is 0 Å². The Kier molecular flexibility index (Phi) is 4.28. The quantitative estimate of drug-likeness (QED) is 0.511. The smallest absolute Gasteiger partial charge is 1.00 e. The number of aromatic nitrogens is 2. The van der Waals surface area contributed by atoms with Crippen LogP contribution >= 0.6 is 11.6 Å². The van der Waals surface area contributed by atoms with Crippen LogP contribution in [-0.4, -0.2) is 22.9 Å². The number of para-hydroxylation sites is 2. The molecule has 2 rings (SSSR count). The zero-order valence-corrected chi connectivity index (χ0v) is 11.8. The van der Waals surface area contributed by atoms with E-state index in [0.717, 1.165) is 0 Å². The molecule has 0 spiro atoms. The van der Waals surface area contributed by atoms with Crippen molar-refractivity contribution in [2.24, 2.45) is 0 Å². The summed E-state index contributed by atoms with van der Waals surface area (Å²) in [5.41, 5.74) is 0.824. The molecule has 0 aliphatic heterocycles. The molecule has 0 saturated carbocycles. The van der Waals surface area contributed by atoms with E-state index in [1.807, 2.05) is 0 Å². The molecule has 0 saturated heterocycles. The van der Waals surface area contributed by atoms with Crippen LogP contribution in [-0.2, 0) is 10.1 Å². The fourth-order valence-corrected chi connectivity index (χ4v) is 2.02. The van der Waals surface area contributed by atoms with Crippen LogP contribution in [0.25, 0.3) is 11.0 Å². The van der Waals surface area contributed by atoms with E-state index in [1.54, 1.807) is 24.3 Å². The topological polar surface area (TPSA) is 80.2 Å². The van der Waals surface area contributed by atoms with Gasteiger partial charge in [0.05, 0.1) is 11.0 Å². The fraction of sp³-hybridized carbons (Fsp3) is 0. The maximum absolute atomic E-state index is 10.9. The van der Waals surface area contributed by atoms with Gasteiger partial charge in [0.15, 0.2) is 5.15 Å². The van der Waals surface area contributed by atoms with Crippen molar-refractivity contribution in [1.82, 2.24) is 9.97 Å². The summed E-state index contributed by atoms with van der Waals surface area (Å²) in [5.74, 6) is 0. The maximum Gasteiger partial charge on any atom is 1.00 e. The van der Waals surface area contributed by atoms with Crippen molar-refractivity contribution in [3.63, 3.8) is 0 Å². The summed E-state index contributed by atoms with van der Waals surface area (Å²) in [4.78, 5) is 7.52. The molecule has 1 aromatic heterocycles. The van der Waals surface area contributed by atoms with Crippen molar-refractivity contribution in [3.8, 4) is 0 Å². The molecule has 1 heterocycles. The number of hydrogen-bond donors (Lipinski definition) is 1. The molecule has 16 heavy (non-hydrogen) atoms. The van der Waals surface area contributed by atoms with Gasteiger partial charge in [0, 0.05) is 0 Å². The van der Waals surface area contributed by atoms with Crippen LogP contribution in [0.2, 0.25) is 5.15 Å². The zero-order valence-electron chi connectivity index (χ0n) is 9.25. The molecule has 0 aliphatic carbocycles. The van der Waals surface area contributed by atoms with E-state index in [9.17, 15) is 8.42 Å². The van der Waals surface area contributed by atoms with Crippen molar-refractivity contribution in [1.29, 1.82) is 0 Å². The number of rotatable bonds is 1. The average Bonchev–Trinajstić information content (AvgIpc) is 2.15. The largest absolute Gasteiger partial charge is 1.00 e. The van der Waals surface area contributed by atoms with E-state index in [1.165, 1.54) is 0 Å². The number of nitrogens with zero attached hydrogens (tertiary/aromatic N) is 2. The van der Waals surface area contributed by atoms with Gasteiger partial charge < -0.3 is 1.43 Å². The Morgan fingerprint density at radius 1 is 1.19 bits per heavy atom. The summed E-state index contributed by atoms with van der Waals surface area (Å²) in [6.07, 6.45) is 0. The summed E-state index contributed by atoms with van der Waals surface area (Å²) < 4.78 is 30.5. The number of halogens is 1. The van der Waals surface area contributed by atoms with Crippen LogP contribution in [0.1, 0.15) is 1.43 Å². The second-order valence-corrected chi connectivity index (χ2v) is 4.48. The van der Waals surface area contributed by atoms with Gasteiger partial charge in [-0.2, -0.15) is 8.42 Å². The minimum atomic E-state index is -4.43. The van der Waals surface area contributed by atoms with E-state index in [4.69, 9.17) is 16.2 Å². The molecular formula is C8H6ClN2NaO3S. The number of benzene rings is 1. The van der Waals surface area contributed by atoms with Crippen molar-refractivity contribution in [3.05, 3.63) is 29.4 Å². The Morgan fingerprint density at radius 3 is 2.19 bits per heavy atom. The second-order valence-electron chi connectivity index (χ2n) is 2.78. The molecule has 0 atom stereocenters. The Labute approximate surface area is 120 Å². The molecule has 1 N–H and O–H groups in total. The molecule has 0 unspecified atom stereocenters. The van der Waals surface area contributed by atoms with Crippen LogP contribution < -0.4 is 29.6 Å². The van der Waals surface area contributed by atoms with Gasteiger partial charge in [0.1, 0.15) is 0 Å². The number of fused-ring (bicyclic) bond motifs is 1. The van der Waals surface area contributed by atoms with E-state index in [2.05, 4.69) is 9.97 Å². The fourth-order valence-electron chi connectivity index (χ4n) is 1.13. The van der Waals surface area contributed by atoms with E-state index < -0.39 is 15.1 Å². The summed E-state index contributed by atoms with van der Waals surface area (Å²) in [5, 5.41) is -0.959. The zero-order chi connectivity index (χ0) is 11.1. The van der Waals surface area contributed by atoms with Crippen molar-refractivity contribution >= 4 is 32.8 Å². The van der Waals surface area contributed by atoms with Crippen LogP contribution in [0.5, 0.6) is 0 Å². The van der Waals surface area contributed by atoms with Crippen LogP contribution in [0.4, 0.5) is 0 Å². The molecule has 0 fully saturated rings. The SMILES string of the molecule is O=S(=O)(O)c1nc2ccccc2nc1Cl.[H-].[Na+]. The first-order valence-electron chi connectivity index (χ1n) is 3.88. The summed E-state index contributed by atoms with van der Waals surface area (Å²) >= 11 is 5.58. The first-order valence-corrected chi connectivity index (χ1v) is 5.70.